The van der Waals surface area contributed by atoms with Crippen molar-refractivity contribution in [2.45, 2.75) is 54.4 Å². The predicted octanol–water partition coefficient (Wildman–Crippen LogP) is 6.42. The molecule has 8 nitrogen and oxygen atoms in total. The van der Waals surface area contributed by atoms with E-state index in [1.165, 1.54) is 0 Å². The van der Waals surface area contributed by atoms with E-state index in [4.69, 9.17) is 18.3 Å². The highest BCUT2D eigenvalue weighted by atomic mass is 35.5. The van der Waals surface area contributed by atoms with Crippen LogP contribution in [0.5, 0.6) is 0 Å². The largest absolute Gasteiger partial charge is 0.462 e. The number of nitrogens with zero attached hydrogens (tertiary/aromatic N) is 2. The van der Waals surface area contributed by atoms with Crippen LogP contribution < -0.4 is 0 Å². The van der Waals surface area contributed by atoms with Crippen molar-refractivity contribution >= 4 is 58.7 Å². The van der Waals surface area contributed by atoms with Gasteiger partial charge >= 0.3 is 11.9 Å². The third-order valence-electron chi connectivity index (χ3n) is 6.75. The summed E-state index contributed by atoms with van der Waals surface area (Å²) in [5, 5.41) is 1.23. The number of fused-ring (bicyclic) bond motifs is 2. The second-order valence-corrected chi connectivity index (χ2v) is 8.94. The molecule has 214 valence electrons. The van der Waals surface area contributed by atoms with Gasteiger partial charge in [0.1, 0.15) is 33.8 Å². The molecule has 0 aliphatic carbocycles. The SMILES string of the molecule is CCN(CC)CCCOC(=O)c1c(C)oc2cc3c(C(=O)OCCCN(CC)CC)c(C)oc3cc12.Cl.Cl. The first kappa shape index (κ1) is 33.8. The third-order valence-corrected chi connectivity index (χ3v) is 6.75. The Bertz CT molecular complexity index is 1090. The van der Waals surface area contributed by atoms with E-state index < -0.39 is 11.9 Å². The van der Waals surface area contributed by atoms with Crippen molar-refractivity contribution in [1.29, 1.82) is 0 Å². The summed E-state index contributed by atoms with van der Waals surface area (Å²) in [4.78, 5) is 30.3. The number of hydrogen-bond acceptors (Lipinski definition) is 8. The van der Waals surface area contributed by atoms with Crippen LogP contribution in [-0.2, 0) is 9.47 Å². The van der Waals surface area contributed by atoms with E-state index in [-0.39, 0.29) is 24.8 Å². The molecule has 10 heteroatoms. The van der Waals surface area contributed by atoms with Crippen LogP contribution in [0.1, 0.15) is 72.8 Å². The van der Waals surface area contributed by atoms with Crippen molar-refractivity contribution in [3.05, 3.63) is 34.8 Å². The van der Waals surface area contributed by atoms with Crippen molar-refractivity contribution in [1.82, 2.24) is 9.80 Å². The number of furan rings is 2. The fraction of sp³-hybridized carbons (Fsp3) is 0.571. The minimum absolute atomic E-state index is 0. The normalized spacial score (nSPS) is 11.2. The monoisotopic (exact) mass is 572 g/mol. The molecule has 2 heterocycles. The van der Waals surface area contributed by atoms with Crippen molar-refractivity contribution in [2.75, 3.05) is 52.5 Å². The zero-order valence-corrected chi connectivity index (χ0v) is 25.0. The van der Waals surface area contributed by atoms with Gasteiger partial charge in [-0.1, -0.05) is 27.7 Å². The molecule has 0 aliphatic rings. The van der Waals surface area contributed by atoms with E-state index in [0.717, 1.165) is 52.1 Å². The fourth-order valence-electron chi connectivity index (χ4n) is 4.57. The molecule has 0 aliphatic heterocycles. The first-order valence-electron chi connectivity index (χ1n) is 13.1. The summed E-state index contributed by atoms with van der Waals surface area (Å²) in [5.41, 5.74) is 1.80. The number of benzene rings is 1. The summed E-state index contributed by atoms with van der Waals surface area (Å²) in [6.07, 6.45) is 1.54. The van der Waals surface area contributed by atoms with Crippen LogP contribution in [0.25, 0.3) is 21.9 Å². The zero-order valence-electron chi connectivity index (χ0n) is 23.4. The van der Waals surface area contributed by atoms with E-state index >= 15 is 0 Å². The predicted molar refractivity (Wildman–Crippen MR) is 155 cm³/mol. The number of aryl methyl sites for hydroxylation is 2. The van der Waals surface area contributed by atoms with Crippen LogP contribution in [0, 0.1) is 13.8 Å². The number of carbonyl (C=O) groups is 2. The minimum atomic E-state index is -0.415. The summed E-state index contributed by atoms with van der Waals surface area (Å²) in [6, 6.07) is 3.50. The highest BCUT2D eigenvalue weighted by molar-refractivity contribution is 6.12. The van der Waals surface area contributed by atoms with Crippen LogP contribution in [0.4, 0.5) is 0 Å². The number of esters is 2. The van der Waals surface area contributed by atoms with E-state index in [1.807, 2.05) is 0 Å². The molecule has 0 spiro atoms. The molecule has 3 aromatic rings. The summed E-state index contributed by atoms with van der Waals surface area (Å²) < 4.78 is 22.9. The molecule has 0 unspecified atom stereocenters. The maximum Gasteiger partial charge on any atom is 0.342 e. The molecule has 0 N–H and O–H groups in total. The van der Waals surface area contributed by atoms with Gasteiger partial charge < -0.3 is 28.1 Å². The smallest absolute Gasteiger partial charge is 0.342 e. The zero-order chi connectivity index (χ0) is 26.2. The van der Waals surface area contributed by atoms with Gasteiger partial charge in [-0.3, -0.25) is 0 Å². The fourth-order valence-corrected chi connectivity index (χ4v) is 4.57. The summed E-state index contributed by atoms with van der Waals surface area (Å²) in [6.45, 7) is 18.3. The molecular formula is C28H42Cl2N2O6. The van der Waals surface area contributed by atoms with Gasteiger partial charge in [0.15, 0.2) is 0 Å². The maximum absolute atomic E-state index is 12.9. The summed E-state index contributed by atoms with van der Waals surface area (Å²) in [5.74, 6) is 0.120. The Hall–Kier alpha value is -2.26. The van der Waals surface area contributed by atoms with Crippen molar-refractivity contribution in [3.63, 3.8) is 0 Å². The second-order valence-electron chi connectivity index (χ2n) is 8.94. The summed E-state index contributed by atoms with van der Waals surface area (Å²) in [7, 11) is 0. The van der Waals surface area contributed by atoms with Crippen molar-refractivity contribution < 1.29 is 27.9 Å². The van der Waals surface area contributed by atoms with Crippen LogP contribution >= 0.6 is 24.8 Å². The highest BCUT2D eigenvalue weighted by Crippen LogP contribution is 2.34. The Morgan fingerprint density at radius 3 is 1.34 bits per heavy atom. The first-order chi connectivity index (χ1) is 17.3. The molecule has 0 saturated heterocycles. The molecule has 1 aromatic carbocycles. The molecular weight excluding hydrogens is 531 g/mol. The van der Waals surface area contributed by atoms with Gasteiger partial charge in [0.2, 0.25) is 0 Å². The number of hydrogen-bond donors (Lipinski definition) is 0. The van der Waals surface area contributed by atoms with Gasteiger partial charge in [-0.05, 0) is 65.0 Å². The second kappa shape index (κ2) is 16.0. The molecule has 0 radical (unpaired) electrons. The lowest BCUT2D eigenvalue weighted by Gasteiger charge is -2.17. The minimum Gasteiger partial charge on any atom is -0.462 e. The van der Waals surface area contributed by atoms with Gasteiger partial charge in [-0.2, -0.15) is 0 Å². The summed E-state index contributed by atoms with van der Waals surface area (Å²) >= 11 is 0. The highest BCUT2D eigenvalue weighted by Gasteiger charge is 2.25. The first-order valence-corrected chi connectivity index (χ1v) is 13.1. The Balaban J connectivity index is 0.00000361. The Morgan fingerprint density at radius 2 is 1.03 bits per heavy atom. The van der Waals surface area contributed by atoms with E-state index in [9.17, 15) is 9.59 Å². The molecule has 2 aromatic heterocycles. The average Bonchev–Trinajstić information content (AvgIpc) is 3.36. The van der Waals surface area contributed by atoms with Crippen molar-refractivity contribution in [2.24, 2.45) is 0 Å². The van der Waals surface area contributed by atoms with Gasteiger partial charge in [0, 0.05) is 23.9 Å². The van der Waals surface area contributed by atoms with E-state index in [0.29, 0.717) is 57.8 Å². The third kappa shape index (κ3) is 7.88. The van der Waals surface area contributed by atoms with Crippen LogP contribution in [-0.4, -0.2) is 74.2 Å². The molecule has 38 heavy (non-hydrogen) atoms. The van der Waals surface area contributed by atoms with Gasteiger partial charge in [-0.25, -0.2) is 9.59 Å². The molecule has 3 rings (SSSR count). The average molecular weight is 574 g/mol. The molecule has 0 saturated carbocycles. The Labute approximate surface area is 237 Å². The lowest BCUT2D eigenvalue weighted by Crippen LogP contribution is -2.25. The quantitative estimate of drug-likeness (QED) is 0.161. The molecule has 0 amide bonds. The Kier molecular flexibility index (Phi) is 14.2. The van der Waals surface area contributed by atoms with Crippen LogP contribution in [0.3, 0.4) is 0 Å². The maximum atomic E-state index is 12.9. The Morgan fingerprint density at radius 1 is 0.684 bits per heavy atom. The standard InChI is InChI=1S/C28H40N2O6.2ClH/c1-7-29(8-2)13-11-15-33-27(31)25-19(5)35-23-18-22-24(17-21(23)25)36-20(6)26(22)28(32)34-16-12-14-30(9-3)10-4;;/h17-18H,7-16H2,1-6H3;2*1H. The van der Waals surface area contributed by atoms with E-state index in [1.54, 1.807) is 26.0 Å². The van der Waals surface area contributed by atoms with Gasteiger partial charge in [0.25, 0.3) is 0 Å². The lowest BCUT2D eigenvalue weighted by molar-refractivity contribution is 0.0480. The topological polar surface area (TPSA) is 85.4 Å². The van der Waals surface area contributed by atoms with Crippen LogP contribution in [0.15, 0.2) is 21.0 Å². The van der Waals surface area contributed by atoms with Gasteiger partial charge in [0.05, 0.1) is 13.2 Å². The van der Waals surface area contributed by atoms with Crippen molar-refractivity contribution in [3.8, 4) is 0 Å². The van der Waals surface area contributed by atoms with Gasteiger partial charge in [-0.15, -0.1) is 24.8 Å². The van der Waals surface area contributed by atoms with Crippen LogP contribution in [0.2, 0.25) is 0 Å². The van der Waals surface area contributed by atoms with E-state index in [2.05, 4.69) is 37.5 Å². The lowest BCUT2D eigenvalue weighted by atomic mass is 10.1. The number of ether oxygens (including phenoxy) is 2. The molecule has 0 fully saturated rings. The number of rotatable bonds is 14. The number of carbonyl (C=O) groups excluding carboxylic acids is 2. The molecule has 0 bridgehead atoms. The number of halogens is 2. The molecule has 0 atom stereocenters.